The van der Waals surface area contributed by atoms with Gasteiger partial charge in [0.2, 0.25) is 5.43 Å². The van der Waals surface area contributed by atoms with E-state index in [1.165, 1.54) is 5.69 Å². The molecule has 0 unspecified atom stereocenters. The fraction of sp³-hybridized carbons (Fsp3) is 0.200. The molecular formula is C20H18N4O. The summed E-state index contributed by atoms with van der Waals surface area (Å²) in [7, 11) is 0. The van der Waals surface area contributed by atoms with E-state index in [-0.39, 0.29) is 5.43 Å². The number of aromatic nitrogens is 4. The Morgan fingerprint density at radius 1 is 0.720 bits per heavy atom. The maximum absolute atomic E-state index is 12.7. The van der Waals surface area contributed by atoms with Crippen LogP contribution in [0.3, 0.4) is 0 Å². The van der Waals surface area contributed by atoms with E-state index in [9.17, 15) is 4.79 Å². The molecule has 0 saturated heterocycles. The molecule has 0 atom stereocenters. The predicted octanol–water partition coefficient (Wildman–Crippen LogP) is 3.18. The van der Waals surface area contributed by atoms with Gasteiger partial charge in [0.15, 0.2) is 0 Å². The lowest BCUT2D eigenvalue weighted by molar-refractivity contribution is 1.02. The summed E-state index contributed by atoms with van der Waals surface area (Å²) in [6.45, 7) is 0. The summed E-state index contributed by atoms with van der Waals surface area (Å²) < 4.78 is 0. The normalized spacial score (nSPS) is 13.9. The molecule has 5 heterocycles. The van der Waals surface area contributed by atoms with Crippen LogP contribution in [0, 0.1) is 0 Å². The van der Waals surface area contributed by atoms with E-state index in [1.54, 1.807) is 0 Å². The van der Waals surface area contributed by atoms with Crippen LogP contribution in [0.4, 0.5) is 0 Å². The summed E-state index contributed by atoms with van der Waals surface area (Å²) in [5.74, 6) is 0. The van der Waals surface area contributed by atoms with Crippen molar-refractivity contribution in [2.45, 2.75) is 25.7 Å². The van der Waals surface area contributed by atoms with E-state index in [4.69, 9.17) is 0 Å². The summed E-state index contributed by atoms with van der Waals surface area (Å²) in [6, 6.07) is 14.2. The molecule has 2 aliphatic rings. The molecule has 5 nitrogen and oxygen atoms in total. The highest BCUT2D eigenvalue weighted by Gasteiger charge is 2.10. The van der Waals surface area contributed by atoms with Gasteiger partial charge in [-0.15, -0.1) is 0 Å². The standard InChI is InChI=1S/C20H18N4O/c25-20-18-7-5-16(23-18)10-14-3-1-12(21-14)9-13-2-4-15(22-13)11-17-6-8-19(20)24-17/h1,3,6,8-11,21-22,24H,2,4-5,7H2. The zero-order valence-corrected chi connectivity index (χ0v) is 13.7. The molecule has 2 aliphatic heterocycles. The Morgan fingerprint density at radius 3 is 2.20 bits per heavy atom. The van der Waals surface area contributed by atoms with E-state index in [2.05, 4.69) is 44.2 Å². The molecule has 5 rings (SSSR count). The topological polar surface area (TPSA) is 77.3 Å². The van der Waals surface area contributed by atoms with Gasteiger partial charge in [0.05, 0.1) is 11.2 Å². The molecule has 0 saturated carbocycles. The molecule has 0 spiro atoms. The average Bonchev–Trinajstić information content (AvgIpc) is 3.36. The summed E-state index contributed by atoms with van der Waals surface area (Å²) in [5, 5.41) is 0. The number of aryl methyl sites for hydroxylation is 4. The lowest BCUT2D eigenvalue weighted by Crippen LogP contribution is -2.05. The van der Waals surface area contributed by atoms with Crippen LogP contribution in [-0.4, -0.2) is 19.9 Å². The molecule has 3 aromatic rings. The van der Waals surface area contributed by atoms with E-state index in [0.717, 1.165) is 47.2 Å². The second kappa shape index (κ2) is 5.48. The second-order valence-electron chi connectivity index (χ2n) is 6.68. The fourth-order valence-corrected chi connectivity index (χ4v) is 3.55. The molecule has 0 amide bonds. The number of fused-ring (bicyclic) bond motifs is 8. The maximum Gasteiger partial charge on any atom is 0.223 e. The molecular weight excluding hydrogens is 312 g/mol. The van der Waals surface area contributed by atoms with Crippen molar-refractivity contribution in [1.82, 2.24) is 19.9 Å². The monoisotopic (exact) mass is 330 g/mol. The molecule has 3 N–H and O–H groups in total. The van der Waals surface area contributed by atoms with Crippen molar-refractivity contribution >= 4 is 22.1 Å². The smallest absolute Gasteiger partial charge is 0.223 e. The highest BCUT2D eigenvalue weighted by Crippen LogP contribution is 2.14. The van der Waals surface area contributed by atoms with Gasteiger partial charge < -0.3 is 15.0 Å². The molecule has 3 aromatic heterocycles. The second-order valence-corrected chi connectivity index (χ2v) is 6.68. The van der Waals surface area contributed by atoms with Gasteiger partial charge in [0, 0.05) is 33.6 Å². The zero-order valence-electron chi connectivity index (χ0n) is 13.7. The quantitative estimate of drug-likeness (QED) is 0.592. The summed E-state index contributed by atoms with van der Waals surface area (Å²) in [6.07, 6.45) is 3.45. The fourth-order valence-electron chi connectivity index (χ4n) is 3.55. The Kier molecular flexibility index (Phi) is 3.13. The molecule has 8 bridgehead atoms. The first kappa shape index (κ1) is 14.3. The number of nitrogens with one attached hydrogen (secondary N) is 3. The first-order valence-corrected chi connectivity index (χ1v) is 8.62. The summed E-state index contributed by atoms with van der Waals surface area (Å²) in [4.78, 5) is 27.3. The predicted molar refractivity (Wildman–Crippen MR) is 98.6 cm³/mol. The molecule has 0 aliphatic carbocycles. The van der Waals surface area contributed by atoms with E-state index >= 15 is 0 Å². The number of hydrogen-bond acceptors (Lipinski definition) is 2. The molecule has 5 heteroatoms. The Hall–Kier alpha value is -3.08. The highest BCUT2D eigenvalue weighted by molar-refractivity contribution is 5.61. The molecule has 0 aromatic carbocycles. The van der Waals surface area contributed by atoms with Crippen molar-refractivity contribution in [2.24, 2.45) is 0 Å². The first-order chi connectivity index (χ1) is 12.2. The number of H-pyrrole nitrogens is 3. The summed E-state index contributed by atoms with van der Waals surface area (Å²) >= 11 is 0. The summed E-state index contributed by atoms with van der Waals surface area (Å²) in [5.41, 5.74) is 7.56. The minimum Gasteiger partial charge on any atom is -0.362 e. The zero-order chi connectivity index (χ0) is 16.8. The van der Waals surface area contributed by atoms with Gasteiger partial charge in [-0.25, -0.2) is 0 Å². The molecule has 0 radical (unpaired) electrons. The van der Waals surface area contributed by atoms with Crippen LogP contribution in [0.2, 0.25) is 0 Å². The van der Waals surface area contributed by atoms with Crippen LogP contribution in [0.15, 0.2) is 47.3 Å². The third-order valence-electron chi connectivity index (χ3n) is 4.81. The van der Waals surface area contributed by atoms with Gasteiger partial charge in [-0.05, 0) is 68.1 Å². The number of rotatable bonds is 0. The largest absolute Gasteiger partial charge is 0.362 e. The van der Waals surface area contributed by atoms with Gasteiger partial charge in [-0.3, -0.25) is 9.78 Å². The van der Waals surface area contributed by atoms with Crippen LogP contribution in [-0.2, 0) is 25.7 Å². The maximum atomic E-state index is 12.7. The number of nitrogens with zero attached hydrogens (tertiary/aromatic N) is 1. The van der Waals surface area contributed by atoms with Gasteiger partial charge in [-0.2, -0.15) is 0 Å². The third kappa shape index (κ3) is 2.67. The van der Waals surface area contributed by atoms with Crippen LogP contribution >= 0.6 is 0 Å². The van der Waals surface area contributed by atoms with Crippen LogP contribution < -0.4 is 5.43 Å². The van der Waals surface area contributed by atoms with Gasteiger partial charge in [0.1, 0.15) is 0 Å². The van der Waals surface area contributed by atoms with Crippen LogP contribution in [0.25, 0.3) is 22.1 Å². The average molecular weight is 330 g/mol. The van der Waals surface area contributed by atoms with Crippen molar-refractivity contribution in [3.63, 3.8) is 0 Å². The third-order valence-corrected chi connectivity index (χ3v) is 4.81. The van der Waals surface area contributed by atoms with E-state index < -0.39 is 0 Å². The minimum atomic E-state index is -0.00714. The van der Waals surface area contributed by atoms with Crippen molar-refractivity contribution in [3.8, 4) is 0 Å². The Bertz CT molecular complexity index is 1180. The SMILES string of the molecule is O=c1c2nc(cc3ccc(cc4[nH]c(cc5ccc1[nH]5)CC4)[nH]3)CC2. The van der Waals surface area contributed by atoms with Crippen molar-refractivity contribution in [3.05, 3.63) is 75.5 Å². The van der Waals surface area contributed by atoms with E-state index in [1.807, 2.05) is 18.2 Å². The first-order valence-electron chi connectivity index (χ1n) is 8.62. The minimum absolute atomic E-state index is 0.00714. The lowest BCUT2D eigenvalue weighted by Gasteiger charge is -1.86. The van der Waals surface area contributed by atoms with E-state index in [0.29, 0.717) is 17.6 Å². The van der Waals surface area contributed by atoms with Gasteiger partial charge in [-0.1, -0.05) is 0 Å². The Balaban J connectivity index is 1.86. The molecule has 0 fully saturated rings. The van der Waals surface area contributed by atoms with Gasteiger partial charge in [0.25, 0.3) is 0 Å². The Labute approximate surface area is 143 Å². The molecule has 124 valence electrons. The van der Waals surface area contributed by atoms with Crippen LogP contribution in [0.5, 0.6) is 0 Å². The van der Waals surface area contributed by atoms with Gasteiger partial charge >= 0.3 is 0 Å². The van der Waals surface area contributed by atoms with Crippen LogP contribution in [0.1, 0.15) is 22.8 Å². The number of hydrogen-bond donors (Lipinski definition) is 3. The lowest BCUT2D eigenvalue weighted by atomic mass is 10.2. The Morgan fingerprint density at radius 2 is 1.40 bits per heavy atom. The molecule has 25 heavy (non-hydrogen) atoms. The van der Waals surface area contributed by atoms with Crippen molar-refractivity contribution in [2.75, 3.05) is 0 Å². The van der Waals surface area contributed by atoms with Crippen molar-refractivity contribution < 1.29 is 0 Å². The van der Waals surface area contributed by atoms with Crippen molar-refractivity contribution in [1.29, 1.82) is 0 Å². The number of aromatic amines is 3. The highest BCUT2D eigenvalue weighted by atomic mass is 16.1.